The van der Waals surface area contributed by atoms with Gasteiger partial charge in [0.2, 0.25) is 0 Å². The van der Waals surface area contributed by atoms with Crippen LogP contribution in [-0.2, 0) is 5.41 Å². The van der Waals surface area contributed by atoms with E-state index >= 15 is 0 Å². The minimum absolute atomic E-state index is 0.464. The molecule has 0 unspecified atom stereocenters. The Balaban J connectivity index is 1.19. The highest BCUT2D eigenvalue weighted by Crippen LogP contribution is 2.64. The molecule has 0 nitrogen and oxygen atoms in total. The predicted octanol–water partition coefficient (Wildman–Crippen LogP) is 14.6. The fourth-order valence-electron chi connectivity index (χ4n) is 10.8. The largest absolute Gasteiger partial charge is 0.0725 e. The molecule has 0 N–H and O–H groups in total. The second-order valence-corrected chi connectivity index (χ2v) is 15.5. The molecule has 0 heterocycles. The smallest absolute Gasteiger partial charge is 0.0619 e. The van der Waals surface area contributed by atoms with Gasteiger partial charge in [-0.25, -0.2) is 0 Å². The molecule has 0 atom stereocenters. The van der Waals surface area contributed by atoms with Gasteiger partial charge in [0.25, 0.3) is 0 Å². The molecule has 13 rings (SSSR count). The van der Waals surface area contributed by atoms with E-state index in [1.807, 2.05) is 0 Å². The molecule has 0 bridgehead atoms. The topological polar surface area (TPSA) is 0 Å². The van der Waals surface area contributed by atoms with E-state index in [0.717, 1.165) is 0 Å². The van der Waals surface area contributed by atoms with Gasteiger partial charge in [-0.3, -0.25) is 0 Å². The molecule has 0 aliphatic heterocycles. The second kappa shape index (κ2) is 10.6. The summed E-state index contributed by atoms with van der Waals surface area (Å²) in [6.07, 6.45) is 0. The summed E-state index contributed by atoms with van der Waals surface area (Å²) in [7, 11) is 0. The SMILES string of the molecule is c1ccc2c(c1)-c1ccccc1C21c2cc(-c3cc4c5ccccc5ccc4c4ccccc34)ccc2-c2cc3c4ccccc4c4ccccc4c3cc21. The highest BCUT2D eigenvalue weighted by atomic mass is 14.5. The van der Waals surface area contributed by atoms with Gasteiger partial charge in [-0.15, -0.1) is 0 Å². The van der Waals surface area contributed by atoms with Gasteiger partial charge in [-0.1, -0.05) is 170 Å². The van der Waals surface area contributed by atoms with Crippen LogP contribution in [0.5, 0.6) is 0 Å². The van der Waals surface area contributed by atoms with Gasteiger partial charge in [0.1, 0.15) is 0 Å². The zero-order valence-electron chi connectivity index (χ0n) is 30.0. The van der Waals surface area contributed by atoms with E-state index in [4.69, 9.17) is 0 Å². The Morgan fingerprint density at radius 1 is 0.218 bits per heavy atom. The lowest BCUT2D eigenvalue weighted by molar-refractivity contribution is 0.795. The summed E-state index contributed by atoms with van der Waals surface area (Å²) in [6.45, 7) is 0. The third kappa shape index (κ3) is 3.67. The van der Waals surface area contributed by atoms with Crippen LogP contribution < -0.4 is 0 Å². The van der Waals surface area contributed by atoms with Crippen LogP contribution in [0.3, 0.4) is 0 Å². The van der Waals surface area contributed by atoms with Crippen molar-refractivity contribution in [3.63, 3.8) is 0 Å². The normalized spacial score (nSPS) is 13.6. The average molecular weight is 693 g/mol. The van der Waals surface area contributed by atoms with E-state index in [2.05, 4.69) is 194 Å². The molecule has 2 aliphatic rings. The van der Waals surface area contributed by atoms with Crippen LogP contribution in [0.2, 0.25) is 0 Å². The van der Waals surface area contributed by atoms with E-state index < -0.39 is 5.41 Å². The van der Waals surface area contributed by atoms with Crippen LogP contribution >= 0.6 is 0 Å². The first-order valence-corrected chi connectivity index (χ1v) is 19.3. The number of hydrogen-bond acceptors (Lipinski definition) is 0. The summed E-state index contributed by atoms with van der Waals surface area (Å²) < 4.78 is 0. The average Bonchev–Trinajstić information content (AvgIpc) is 3.72. The minimum atomic E-state index is -0.464. The van der Waals surface area contributed by atoms with Crippen molar-refractivity contribution in [3.05, 3.63) is 216 Å². The first-order chi connectivity index (χ1) is 27.3. The van der Waals surface area contributed by atoms with Crippen LogP contribution in [0.1, 0.15) is 22.3 Å². The first-order valence-electron chi connectivity index (χ1n) is 19.3. The molecule has 2 aliphatic carbocycles. The van der Waals surface area contributed by atoms with Crippen molar-refractivity contribution >= 4 is 64.6 Å². The van der Waals surface area contributed by atoms with Crippen molar-refractivity contribution in [3.8, 4) is 33.4 Å². The fraction of sp³-hybridized carbons (Fsp3) is 0.0182. The first kappa shape index (κ1) is 29.4. The Kier molecular flexibility index (Phi) is 5.65. The maximum atomic E-state index is 2.57. The minimum Gasteiger partial charge on any atom is -0.0619 e. The van der Waals surface area contributed by atoms with Crippen molar-refractivity contribution in [1.29, 1.82) is 0 Å². The third-order valence-electron chi connectivity index (χ3n) is 13.0. The lowest BCUT2D eigenvalue weighted by Crippen LogP contribution is -2.26. The molecule has 0 fully saturated rings. The van der Waals surface area contributed by atoms with Gasteiger partial charge in [0.05, 0.1) is 5.41 Å². The molecular formula is C55H32. The number of fused-ring (bicyclic) bond motifs is 21. The lowest BCUT2D eigenvalue weighted by Gasteiger charge is -2.31. The van der Waals surface area contributed by atoms with E-state index in [0.29, 0.717) is 0 Å². The molecule has 0 saturated carbocycles. The molecular weight excluding hydrogens is 661 g/mol. The number of benzene rings is 11. The van der Waals surface area contributed by atoms with Crippen molar-refractivity contribution in [2.75, 3.05) is 0 Å². The summed E-state index contributed by atoms with van der Waals surface area (Å²) >= 11 is 0. The maximum absolute atomic E-state index is 2.57. The van der Waals surface area contributed by atoms with E-state index in [-0.39, 0.29) is 0 Å². The Hall–Kier alpha value is -7.02. The lowest BCUT2D eigenvalue weighted by atomic mass is 9.70. The molecule has 1 spiro atoms. The van der Waals surface area contributed by atoms with Gasteiger partial charge in [0, 0.05) is 0 Å². The summed E-state index contributed by atoms with van der Waals surface area (Å²) in [5, 5.41) is 15.6. The third-order valence-corrected chi connectivity index (χ3v) is 13.0. The van der Waals surface area contributed by atoms with Gasteiger partial charge in [0.15, 0.2) is 0 Å². The highest BCUT2D eigenvalue weighted by molar-refractivity contribution is 6.26. The maximum Gasteiger partial charge on any atom is 0.0725 e. The summed E-state index contributed by atoms with van der Waals surface area (Å²) in [6, 6.07) is 73.5. The Morgan fingerprint density at radius 3 is 1.33 bits per heavy atom. The Labute approximate surface area is 318 Å². The number of rotatable bonds is 1. The zero-order valence-corrected chi connectivity index (χ0v) is 30.0. The molecule has 0 saturated heterocycles. The molecule has 11 aromatic carbocycles. The van der Waals surface area contributed by atoms with Crippen LogP contribution in [-0.4, -0.2) is 0 Å². The van der Waals surface area contributed by atoms with Crippen LogP contribution in [0.15, 0.2) is 194 Å². The summed E-state index contributed by atoms with van der Waals surface area (Å²) in [4.78, 5) is 0. The van der Waals surface area contributed by atoms with Gasteiger partial charge < -0.3 is 0 Å². The van der Waals surface area contributed by atoms with Crippen molar-refractivity contribution in [1.82, 2.24) is 0 Å². The Bertz CT molecular complexity index is 3440. The van der Waals surface area contributed by atoms with E-state index in [1.165, 1.54) is 120 Å². The van der Waals surface area contributed by atoms with Gasteiger partial charge in [-0.05, 0) is 145 Å². The van der Waals surface area contributed by atoms with Crippen LogP contribution in [0.4, 0.5) is 0 Å². The zero-order chi connectivity index (χ0) is 35.8. The van der Waals surface area contributed by atoms with Gasteiger partial charge in [-0.2, -0.15) is 0 Å². The molecule has 0 amide bonds. The van der Waals surface area contributed by atoms with E-state index in [9.17, 15) is 0 Å². The van der Waals surface area contributed by atoms with Crippen LogP contribution in [0.25, 0.3) is 98.0 Å². The fourth-order valence-corrected chi connectivity index (χ4v) is 10.8. The molecule has 55 heavy (non-hydrogen) atoms. The molecule has 252 valence electrons. The molecule has 0 heteroatoms. The second-order valence-electron chi connectivity index (χ2n) is 15.5. The van der Waals surface area contributed by atoms with Gasteiger partial charge >= 0.3 is 0 Å². The summed E-state index contributed by atoms with van der Waals surface area (Å²) in [5.74, 6) is 0. The quantitative estimate of drug-likeness (QED) is 0.150. The Morgan fingerprint density at radius 2 is 0.655 bits per heavy atom. The molecule has 11 aromatic rings. The van der Waals surface area contributed by atoms with Crippen LogP contribution in [0, 0.1) is 0 Å². The van der Waals surface area contributed by atoms with Crippen molar-refractivity contribution in [2.45, 2.75) is 5.41 Å². The highest BCUT2D eigenvalue weighted by Gasteiger charge is 2.52. The van der Waals surface area contributed by atoms with Crippen molar-refractivity contribution in [2.24, 2.45) is 0 Å². The molecule has 0 radical (unpaired) electrons. The standard InChI is InChI=1S/C55H32/c1-2-14-35-33(13-1)25-27-42-38-17-3-6-18-39(38)46(30-47(35)42)34-26-28-45-50-31-48-40-19-7-4-15-36(40)37-16-5-8-20-41(37)49(48)32-54(50)55(53(45)29-34)51-23-11-9-21-43(51)44-22-10-12-24-52(44)55/h1-32H. The molecule has 0 aromatic heterocycles. The number of hydrogen-bond donors (Lipinski definition) is 0. The predicted molar refractivity (Wildman–Crippen MR) is 233 cm³/mol. The van der Waals surface area contributed by atoms with E-state index in [1.54, 1.807) is 0 Å². The monoisotopic (exact) mass is 692 g/mol. The summed E-state index contributed by atoms with van der Waals surface area (Å²) in [5.41, 5.74) is 12.8. The van der Waals surface area contributed by atoms with Crippen molar-refractivity contribution < 1.29 is 0 Å².